The molecule has 3 aromatic rings. The van der Waals surface area contributed by atoms with Gasteiger partial charge in [0.25, 0.3) is 0 Å². The third kappa shape index (κ3) is 5.87. The third-order valence-electron chi connectivity index (χ3n) is 4.38. The highest BCUT2D eigenvalue weighted by molar-refractivity contribution is 7.18. The lowest BCUT2D eigenvalue weighted by molar-refractivity contribution is -0.126. The molecule has 0 spiro atoms. The SMILES string of the molecule is CCCC(=O)NC(Cc1ccccc1)C(=O)Nc1nnc(-c2cccc(OC)c2)s1. The third-order valence-corrected chi connectivity index (χ3v) is 5.27. The van der Waals surface area contributed by atoms with E-state index in [4.69, 9.17) is 4.74 Å². The van der Waals surface area contributed by atoms with Gasteiger partial charge in [-0.15, -0.1) is 10.2 Å². The maximum absolute atomic E-state index is 12.9. The van der Waals surface area contributed by atoms with Crippen LogP contribution in [0, 0.1) is 0 Å². The van der Waals surface area contributed by atoms with E-state index in [1.165, 1.54) is 11.3 Å². The van der Waals surface area contributed by atoms with E-state index in [9.17, 15) is 9.59 Å². The summed E-state index contributed by atoms with van der Waals surface area (Å²) in [5, 5.41) is 14.9. The first-order valence-electron chi connectivity index (χ1n) is 9.71. The Hall–Kier alpha value is -3.26. The minimum Gasteiger partial charge on any atom is -0.497 e. The van der Waals surface area contributed by atoms with Gasteiger partial charge >= 0.3 is 0 Å². The lowest BCUT2D eigenvalue weighted by atomic mass is 10.1. The monoisotopic (exact) mass is 424 g/mol. The van der Waals surface area contributed by atoms with Crippen LogP contribution in [-0.2, 0) is 16.0 Å². The van der Waals surface area contributed by atoms with E-state index in [0.717, 1.165) is 16.9 Å². The average Bonchev–Trinajstić information content (AvgIpc) is 3.23. The van der Waals surface area contributed by atoms with Crippen LogP contribution < -0.4 is 15.4 Å². The quantitative estimate of drug-likeness (QED) is 0.547. The van der Waals surface area contributed by atoms with Crippen molar-refractivity contribution in [1.82, 2.24) is 15.5 Å². The standard InChI is InChI=1S/C22H24N4O3S/c1-3-8-19(27)23-18(13-15-9-5-4-6-10-15)20(28)24-22-26-25-21(30-22)16-11-7-12-17(14-16)29-2/h4-7,9-12,14,18H,3,8,13H2,1-2H3,(H,23,27)(H,24,26,28). The van der Waals surface area contributed by atoms with Crippen molar-refractivity contribution in [2.75, 3.05) is 12.4 Å². The maximum Gasteiger partial charge on any atom is 0.249 e. The van der Waals surface area contributed by atoms with Gasteiger partial charge in [0.05, 0.1) is 7.11 Å². The molecular weight excluding hydrogens is 400 g/mol. The van der Waals surface area contributed by atoms with Crippen molar-refractivity contribution in [2.24, 2.45) is 0 Å². The molecule has 0 bridgehead atoms. The summed E-state index contributed by atoms with van der Waals surface area (Å²) in [6.07, 6.45) is 1.48. The second-order valence-electron chi connectivity index (χ2n) is 6.69. The van der Waals surface area contributed by atoms with E-state index in [1.807, 2.05) is 61.5 Å². The molecular formula is C22H24N4O3S. The number of hydrogen-bond donors (Lipinski definition) is 2. The number of carbonyl (C=O) groups excluding carboxylic acids is 2. The molecule has 2 N–H and O–H groups in total. The number of rotatable bonds is 9. The summed E-state index contributed by atoms with van der Waals surface area (Å²) in [5.74, 6) is 0.245. The van der Waals surface area contributed by atoms with Crippen LogP contribution in [0.4, 0.5) is 5.13 Å². The van der Waals surface area contributed by atoms with Gasteiger partial charge in [0.1, 0.15) is 16.8 Å². The van der Waals surface area contributed by atoms with Crippen molar-refractivity contribution in [1.29, 1.82) is 0 Å². The normalized spacial score (nSPS) is 11.5. The van der Waals surface area contributed by atoms with E-state index in [0.29, 0.717) is 29.4 Å². The summed E-state index contributed by atoms with van der Waals surface area (Å²) in [7, 11) is 1.60. The first-order chi connectivity index (χ1) is 14.6. The van der Waals surface area contributed by atoms with Crippen LogP contribution in [0.3, 0.4) is 0 Å². The average molecular weight is 425 g/mol. The Morgan fingerprint density at radius 3 is 2.63 bits per heavy atom. The minimum atomic E-state index is -0.699. The number of hydrogen-bond acceptors (Lipinski definition) is 6. The molecule has 1 atom stereocenters. The van der Waals surface area contributed by atoms with Gasteiger partial charge in [-0.25, -0.2) is 0 Å². The summed E-state index contributed by atoms with van der Waals surface area (Å²) in [5.41, 5.74) is 1.81. The molecule has 2 aromatic carbocycles. The van der Waals surface area contributed by atoms with Crippen LogP contribution >= 0.6 is 11.3 Å². The molecule has 1 unspecified atom stereocenters. The highest BCUT2D eigenvalue weighted by Gasteiger charge is 2.22. The lowest BCUT2D eigenvalue weighted by Crippen LogP contribution is -2.45. The molecule has 156 valence electrons. The molecule has 8 heteroatoms. The fourth-order valence-corrected chi connectivity index (χ4v) is 3.63. The summed E-state index contributed by atoms with van der Waals surface area (Å²) in [4.78, 5) is 25.0. The number of carbonyl (C=O) groups is 2. The van der Waals surface area contributed by atoms with Crippen LogP contribution in [0.5, 0.6) is 5.75 Å². The Bertz CT molecular complexity index is 991. The smallest absolute Gasteiger partial charge is 0.249 e. The Balaban J connectivity index is 1.73. The van der Waals surface area contributed by atoms with Crippen molar-refractivity contribution >= 4 is 28.3 Å². The zero-order valence-corrected chi connectivity index (χ0v) is 17.7. The fraction of sp³-hybridized carbons (Fsp3) is 0.273. The summed E-state index contributed by atoms with van der Waals surface area (Å²) < 4.78 is 5.24. The van der Waals surface area contributed by atoms with Gasteiger partial charge in [-0.1, -0.05) is 60.7 Å². The van der Waals surface area contributed by atoms with E-state index in [1.54, 1.807) is 7.11 Å². The first kappa shape index (κ1) is 21.4. The van der Waals surface area contributed by atoms with Gasteiger partial charge in [0.15, 0.2) is 0 Å². The molecule has 0 aliphatic carbocycles. The number of aromatic nitrogens is 2. The lowest BCUT2D eigenvalue weighted by Gasteiger charge is -2.17. The van der Waals surface area contributed by atoms with E-state index >= 15 is 0 Å². The molecule has 0 fully saturated rings. The van der Waals surface area contributed by atoms with Gasteiger partial charge in [-0.2, -0.15) is 0 Å². The van der Waals surface area contributed by atoms with Crippen LogP contribution in [-0.4, -0.2) is 35.2 Å². The van der Waals surface area contributed by atoms with Gasteiger partial charge < -0.3 is 10.1 Å². The van der Waals surface area contributed by atoms with Crippen LogP contribution in [0.2, 0.25) is 0 Å². The number of anilines is 1. The molecule has 0 saturated heterocycles. The molecule has 3 rings (SSSR count). The molecule has 30 heavy (non-hydrogen) atoms. The first-order valence-corrected chi connectivity index (χ1v) is 10.5. The van der Waals surface area contributed by atoms with Gasteiger partial charge in [0, 0.05) is 18.4 Å². The molecule has 2 amide bonds. The second-order valence-corrected chi connectivity index (χ2v) is 7.67. The van der Waals surface area contributed by atoms with E-state index in [2.05, 4.69) is 20.8 Å². The molecule has 0 saturated carbocycles. The van der Waals surface area contributed by atoms with Crippen molar-refractivity contribution in [2.45, 2.75) is 32.2 Å². The molecule has 7 nitrogen and oxygen atoms in total. The number of amides is 2. The van der Waals surface area contributed by atoms with Crippen molar-refractivity contribution in [3.05, 3.63) is 60.2 Å². The van der Waals surface area contributed by atoms with Crippen molar-refractivity contribution < 1.29 is 14.3 Å². The predicted octanol–water partition coefficient (Wildman–Crippen LogP) is 3.68. The highest BCUT2D eigenvalue weighted by atomic mass is 32.1. The number of benzene rings is 2. The van der Waals surface area contributed by atoms with E-state index in [-0.39, 0.29) is 11.8 Å². The number of ether oxygens (including phenoxy) is 1. The fourth-order valence-electron chi connectivity index (χ4n) is 2.89. The highest BCUT2D eigenvalue weighted by Crippen LogP contribution is 2.28. The number of methoxy groups -OCH3 is 1. The summed E-state index contributed by atoms with van der Waals surface area (Å²) in [6.45, 7) is 1.92. The molecule has 0 aliphatic rings. The van der Waals surface area contributed by atoms with Crippen molar-refractivity contribution in [3.8, 4) is 16.3 Å². The Kier molecular flexibility index (Phi) is 7.51. The van der Waals surface area contributed by atoms with Crippen LogP contribution in [0.25, 0.3) is 10.6 Å². The Labute approximate surface area is 179 Å². The topological polar surface area (TPSA) is 93.2 Å². The summed E-state index contributed by atoms with van der Waals surface area (Å²) >= 11 is 1.26. The van der Waals surface area contributed by atoms with E-state index < -0.39 is 6.04 Å². The molecule has 1 heterocycles. The number of nitrogens with zero attached hydrogens (tertiary/aromatic N) is 2. The predicted molar refractivity (Wildman–Crippen MR) is 118 cm³/mol. The van der Waals surface area contributed by atoms with Gasteiger partial charge in [-0.3, -0.25) is 14.9 Å². The Morgan fingerprint density at radius 1 is 1.10 bits per heavy atom. The minimum absolute atomic E-state index is 0.150. The van der Waals surface area contributed by atoms with Gasteiger partial charge in [0.2, 0.25) is 16.9 Å². The zero-order chi connectivity index (χ0) is 21.3. The molecule has 1 aromatic heterocycles. The zero-order valence-electron chi connectivity index (χ0n) is 16.9. The van der Waals surface area contributed by atoms with Crippen LogP contribution in [0.15, 0.2) is 54.6 Å². The summed E-state index contributed by atoms with van der Waals surface area (Å²) in [6, 6.07) is 16.4. The van der Waals surface area contributed by atoms with Crippen LogP contribution in [0.1, 0.15) is 25.3 Å². The molecule has 0 aliphatic heterocycles. The van der Waals surface area contributed by atoms with Crippen molar-refractivity contribution in [3.63, 3.8) is 0 Å². The largest absolute Gasteiger partial charge is 0.497 e. The molecule has 0 radical (unpaired) electrons. The maximum atomic E-state index is 12.9. The second kappa shape index (κ2) is 10.5. The Morgan fingerprint density at radius 2 is 1.90 bits per heavy atom. The number of nitrogens with one attached hydrogen (secondary N) is 2. The van der Waals surface area contributed by atoms with Gasteiger partial charge in [-0.05, 0) is 24.1 Å².